The quantitative estimate of drug-likeness (QED) is 0.768. The molecule has 0 fully saturated rings. The molecule has 0 aliphatic carbocycles. The van der Waals surface area contributed by atoms with Crippen LogP contribution in [0.25, 0.3) is 0 Å². The number of rotatable bonds is 4. The molecule has 0 aromatic carbocycles. The summed E-state index contributed by atoms with van der Waals surface area (Å²) in [6.45, 7) is 5.61. The van der Waals surface area contributed by atoms with Crippen LogP contribution in [0, 0.1) is 0 Å². The van der Waals surface area contributed by atoms with Gasteiger partial charge in [0.25, 0.3) is 0 Å². The molecule has 15 heavy (non-hydrogen) atoms. The molecule has 1 aromatic rings. The van der Waals surface area contributed by atoms with Gasteiger partial charge in [-0.2, -0.15) is 0 Å². The Hall–Kier alpha value is -1.65. The number of carbonyl (C=O) groups excluding carboxylic acids is 1. The van der Waals surface area contributed by atoms with Crippen LogP contribution in [0.15, 0.2) is 18.5 Å². The first-order chi connectivity index (χ1) is 7.09. The lowest BCUT2D eigenvalue weighted by atomic mass is 10.3. The van der Waals surface area contributed by atoms with Crippen molar-refractivity contribution in [3.63, 3.8) is 0 Å². The van der Waals surface area contributed by atoms with Gasteiger partial charge in [-0.1, -0.05) is 0 Å². The van der Waals surface area contributed by atoms with Crippen LogP contribution in [0.1, 0.15) is 20.8 Å². The van der Waals surface area contributed by atoms with Crippen molar-refractivity contribution in [2.45, 2.75) is 32.9 Å². The summed E-state index contributed by atoms with van der Waals surface area (Å²) in [5.74, 6) is 0.404. The second-order valence-electron chi connectivity index (χ2n) is 3.60. The molecule has 1 aromatic heterocycles. The van der Waals surface area contributed by atoms with E-state index in [0.29, 0.717) is 5.95 Å². The molecule has 2 N–H and O–H groups in total. The zero-order valence-corrected chi connectivity index (χ0v) is 9.19. The van der Waals surface area contributed by atoms with Crippen LogP contribution < -0.4 is 10.6 Å². The number of carbonyl (C=O) groups is 1. The van der Waals surface area contributed by atoms with Crippen LogP contribution in [0.5, 0.6) is 0 Å². The van der Waals surface area contributed by atoms with Gasteiger partial charge in [0.15, 0.2) is 0 Å². The standard InChI is InChI=1S/C10H16N4O/c1-7(2)13-9(15)8(3)14-10-11-5-4-6-12-10/h4-8H,1-3H3,(H,13,15)(H,11,12,14). The van der Waals surface area contributed by atoms with E-state index in [0.717, 1.165) is 0 Å². The lowest BCUT2D eigenvalue weighted by Gasteiger charge is -2.15. The molecule has 1 rings (SSSR count). The van der Waals surface area contributed by atoms with Crippen molar-refractivity contribution in [2.24, 2.45) is 0 Å². The van der Waals surface area contributed by atoms with E-state index in [1.54, 1.807) is 25.4 Å². The Labute approximate surface area is 89.3 Å². The Balaban J connectivity index is 2.49. The number of amides is 1. The first kappa shape index (κ1) is 11.4. The van der Waals surface area contributed by atoms with Crippen LogP contribution in [-0.4, -0.2) is 28.0 Å². The number of hydrogen-bond acceptors (Lipinski definition) is 4. The molecular formula is C10H16N4O. The third kappa shape index (κ3) is 3.93. The molecule has 82 valence electrons. The van der Waals surface area contributed by atoms with E-state index in [1.165, 1.54) is 0 Å². The minimum Gasteiger partial charge on any atom is -0.352 e. The highest BCUT2D eigenvalue weighted by Crippen LogP contribution is 1.98. The number of anilines is 1. The maximum absolute atomic E-state index is 11.5. The lowest BCUT2D eigenvalue weighted by Crippen LogP contribution is -2.41. The third-order valence-corrected chi connectivity index (χ3v) is 1.74. The van der Waals surface area contributed by atoms with Gasteiger partial charge >= 0.3 is 0 Å². The average Bonchev–Trinajstić information content (AvgIpc) is 2.18. The Morgan fingerprint density at radius 1 is 1.27 bits per heavy atom. The summed E-state index contributed by atoms with van der Waals surface area (Å²) in [7, 11) is 0. The number of aromatic nitrogens is 2. The highest BCUT2D eigenvalue weighted by Gasteiger charge is 2.13. The molecule has 0 saturated carbocycles. The maximum Gasteiger partial charge on any atom is 0.242 e. The van der Waals surface area contributed by atoms with Crippen molar-refractivity contribution in [1.82, 2.24) is 15.3 Å². The molecule has 1 unspecified atom stereocenters. The number of nitrogens with one attached hydrogen (secondary N) is 2. The van der Waals surface area contributed by atoms with Crippen molar-refractivity contribution in [3.8, 4) is 0 Å². The zero-order valence-electron chi connectivity index (χ0n) is 9.19. The van der Waals surface area contributed by atoms with Gasteiger partial charge in [-0.25, -0.2) is 9.97 Å². The molecule has 0 saturated heterocycles. The summed E-state index contributed by atoms with van der Waals surface area (Å²) in [5.41, 5.74) is 0. The monoisotopic (exact) mass is 208 g/mol. The van der Waals surface area contributed by atoms with Gasteiger partial charge in [0, 0.05) is 18.4 Å². The fourth-order valence-electron chi connectivity index (χ4n) is 1.04. The molecule has 0 spiro atoms. The normalized spacial score (nSPS) is 12.3. The topological polar surface area (TPSA) is 66.9 Å². The van der Waals surface area contributed by atoms with Gasteiger partial charge in [-0.15, -0.1) is 0 Å². The smallest absolute Gasteiger partial charge is 0.242 e. The number of nitrogens with zero attached hydrogens (tertiary/aromatic N) is 2. The van der Waals surface area contributed by atoms with Gasteiger partial charge in [-0.05, 0) is 26.8 Å². The molecule has 1 heterocycles. The van der Waals surface area contributed by atoms with Gasteiger partial charge in [0.2, 0.25) is 11.9 Å². The summed E-state index contributed by atoms with van der Waals surface area (Å²) in [4.78, 5) is 19.5. The lowest BCUT2D eigenvalue weighted by molar-refractivity contribution is -0.122. The SMILES string of the molecule is CC(C)NC(=O)C(C)Nc1ncccn1. The predicted octanol–water partition coefficient (Wildman–Crippen LogP) is 0.802. The first-order valence-corrected chi connectivity index (χ1v) is 4.93. The van der Waals surface area contributed by atoms with Crippen LogP contribution in [-0.2, 0) is 4.79 Å². The van der Waals surface area contributed by atoms with Crippen molar-refractivity contribution in [3.05, 3.63) is 18.5 Å². The summed E-state index contributed by atoms with van der Waals surface area (Å²) in [6.07, 6.45) is 3.25. The maximum atomic E-state index is 11.5. The largest absolute Gasteiger partial charge is 0.352 e. The summed E-state index contributed by atoms with van der Waals surface area (Å²) in [6, 6.07) is 1.53. The van der Waals surface area contributed by atoms with E-state index in [9.17, 15) is 4.79 Å². The minimum absolute atomic E-state index is 0.0579. The Morgan fingerprint density at radius 2 is 1.87 bits per heavy atom. The van der Waals surface area contributed by atoms with Gasteiger partial charge < -0.3 is 10.6 Å². The molecule has 0 aliphatic rings. The van der Waals surface area contributed by atoms with Gasteiger partial charge in [-0.3, -0.25) is 4.79 Å². The fraction of sp³-hybridized carbons (Fsp3) is 0.500. The Bertz CT molecular complexity index is 312. The molecule has 0 bridgehead atoms. The first-order valence-electron chi connectivity index (χ1n) is 4.93. The molecule has 1 amide bonds. The highest BCUT2D eigenvalue weighted by atomic mass is 16.2. The zero-order chi connectivity index (χ0) is 11.3. The van der Waals surface area contributed by atoms with E-state index in [4.69, 9.17) is 0 Å². The van der Waals surface area contributed by atoms with E-state index in [2.05, 4.69) is 20.6 Å². The number of hydrogen-bond donors (Lipinski definition) is 2. The average molecular weight is 208 g/mol. The van der Waals surface area contributed by atoms with E-state index < -0.39 is 0 Å². The van der Waals surface area contributed by atoms with Crippen LogP contribution in [0.3, 0.4) is 0 Å². The van der Waals surface area contributed by atoms with Gasteiger partial charge in [0.05, 0.1) is 0 Å². The summed E-state index contributed by atoms with van der Waals surface area (Å²) >= 11 is 0. The third-order valence-electron chi connectivity index (χ3n) is 1.74. The second kappa shape index (κ2) is 5.29. The van der Waals surface area contributed by atoms with Crippen molar-refractivity contribution < 1.29 is 4.79 Å². The Morgan fingerprint density at radius 3 is 2.40 bits per heavy atom. The van der Waals surface area contributed by atoms with E-state index >= 15 is 0 Å². The molecule has 5 nitrogen and oxygen atoms in total. The van der Waals surface area contributed by atoms with Crippen molar-refractivity contribution in [2.75, 3.05) is 5.32 Å². The fourth-order valence-corrected chi connectivity index (χ4v) is 1.04. The van der Waals surface area contributed by atoms with Crippen molar-refractivity contribution in [1.29, 1.82) is 0 Å². The molecule has 0 radical (unpaired) electrons. The molecule has 5 heteroatoms. The summed E-state index contributed by atoms with van der Waals surface area (Å²) in [5, 5.41) is 5.72. The minimum atomic E-state index is -0.338. The van der Waals surface area contributed by atoms with E-state index in [1.807, 2.05) is 13.8 Å². The second-order valence-corrected chi connectivity index (χ2v) is 3.60. The predicted molar refractivity (Wildman–Crippen MR) is 58.4 cm³/mol. The van der Waals surface area contributed by atoms with E-state index in [-0.39, 0.29) is 18.0 Å². The van der Waals surface area contributed by atoms with Crippen molar-refractivity contribution >= 4 is 11.9 Å². The summed E-state index contributed by atoms with van der Waals surface area (Å²) < 4.78 is 0. The molecular weight excluding hydrogens is 192 g/mol. The van der Waals surface area contributed by atoms with Crippen LogP contribution >= 0.6 is 0 Å². The Kier molecular flexibility index (Phi) is 4.03. The van der Waals surface area contributed by atoms with Gasteiger partial charge in [0.1, 0.15) is 6.04 Å². The molecule has 1 atom stereocenters. The highest BCUT2D eigenvalue weighted by molar-refractivity contribution is 5.83. The van der Waals surface area contributed by atoms with Crippen LogP contribution in [0.2, 0.25) is 0 Å². The molecule has 0 aliphatic heterocycles. The van der Waals surface area contributed by atoms with Crippen LogP contribution in [0.4, 0.5) is 5.95 Å².